The van der Waals surface area contributed by atoms with Gasteiger partial charge in [0.15, 0.2) is 5.78 Å². The van der Waals surface area contributed by atoms with Crippen LogP contribution in [-0.4, -0.2) is 47.0 Å². The van der Waals surface area contributed by atoms with Gasteiger partial charge in [-0.2, -0.15) is 0 Å². The molecule has 0 radical (unpaired) electrons. The highest BCUT2D eigenvalue weighted by atomic mass is 32.1. The van der Waals surface area contributed by atoms with Crippen molar-refractivity contribution >= 4 is 39.0 Å². The molecule has 8 heteroatoms. The van der Waals surface area contributed by atoms with E-state index in [0.717, 1.165) is 15.6 Å². The van der Waals surface area contributed by atoms with Gasteiger partial charge >= 0.3 is 0 Å². The predicted molar refractivity (Wildman–Crippen MR) is 122 cm³/mol. The fourth-order valence-corrected chi connectivity index (χ4v) is 4.67. The van der Waals surface area contributed by atoms with Crippen LogP contribution in [0.5, 0.6) is 5.75 Å². The van der Waals surface area contributed by atoms with Gasteiger partial charge in [0.05, 0.1) is 11.7 Å². The molecule has 0 spiro atoms. The second-order valence-corrected chi connectivity index (χ2v) is 9.02. The number of hydrogen-bond donors (Lipinski definition) is 3. The number of rotatable bonds is 6. The summed E-state index contributed by atoms with van der Waals surface area (Å²) >= 11 is 1.46. The monoisotopic (exact) mass is 452 g/mol. The van der Waals surface area contributed by atoms with Gasteiger partial charge in [0.25, 0.3) is 5.91 Å². The molecule has 1 fully saturated rings. The lowest BCUT2D eigenvalue weighted by atomic mass is 9.92. The number of phenols is 1. The fraction of sp³-hybridized carbons (Fsp3) is 0.292. The van der Waals surface area contributed by atoms with E-state index in [2.05, 4.69) is 10.6 Å². The topological polar surface area (TPSA) is 105 Å². The molecular weight excluding hydrogens is 428 g/mol. The van der Waals surface area contributed by atoms with Gasteiger partial charge in [-0.05, 0) is 37.6 Å². The molecule has 0 saturated carbocycles. The van der Waals surface area contributed by atoms with Crippen LogP contribution < -0.4 is 10.6 Å². The number of nitrogens with one attached hydrogen (secondary N) is 2. The maximum Gasteiger partial charge on any atom is 0.253 e. The summed E-state index contributed by atoms with van der Waals surface area (Å²) in [5.74, 6) is -0.941. The number of carbonyl (C=O) groups is 3. The molecular formula is C24H24N2O5S. The van der Waals surface area contributed by atoms with E-state index in [0.29, 0.717) is 5.56 Å². The number of amides is 2. The van der Waals surface area contributed by atoms with Gasteiger partial charge in [-0.1, -0.05) is 30.3 Å². The Hall–Kier alpha value is -3.23. The molecule has 0 bridgehead atoms. The number of ether oxygens (including phenoxy) is 1. The lowest BCUT2D eigenvalue weighted by Gasteiger charge is -2.29. The second kappa shape index (κ2) is 8.72. The van der Waals surface area contributed by atoms with Crippen LogP contribution in [0, 0.1) is 0 Å². The minimum atomic E-state index is -1.16. The van der Waals surface area contributed by atoms with Crippen molar-refractivity contribution < 1.29 is 24.2 Å². The molecule has 3 atom stereocenters. The molecule has 3 aromatic rings. The SMILES string of the molecule is CC1OCC(=O)C1(C)NC(=O)C(Cc1ccc(O)cc1)NC(=O)c1csc2ccccc12. The Bertz CT molecular complexity index is 1170. The number of benzene rings is 2. The minimum absolute atomic E-state index is 0.0617. The van der Waals surface area contributed by atoms with Crippen LogP contribution in [-0.2, 0) is 20.7 Å². The number of hydrogen-bond acceptors (Lipinski definition) is 6. The van der Waals surface area contributed by atoms with E-state index in [1.54, 1.807) is 31.4 Å². The lowest BCUT2D eigenvalue weighted by molar-refractivity contribution is -0.130. The third kappa shape index (κ3) is 4.24. The van der Waals surface area contributed by atoms with Crippen molar-refractivity contribution in [3.05, 3.63) is 65.0 Å². The van der Waals surface area contributed by atoms with Crippen LogP contribution in [0.4, 0.5) is 0 Å². The predicted octanol–water partition coefficient (Wildman–Crippen LogP) is 2.81. The largest absolute Gasteiger partial charge is 0.508 e. The minimum Gasteiger partial charge on any atom is -0.508 e. The highest BCUT2D eigenvalue weighted by Gasteiger charge is 2.47. The van der Waals surface area contributed by atoms with Crippen LogP contribution in [0.25, 0.3) is 10.1 Å². The summed E-state index contributed by atoms with van der Waals surface area (Å²) < 4.78 is 6.38. The van der Waals surface area contributed by atoms with E-state index in [-0.39, 0.29) is 30.5 Å². The Morgan fingerprint density at radius 2 is 1.94 bits per heavy atom. The number of thiophene rings is 1. The van der Waals surface area contributed by atoms with Gasteiger partial charge in [0.2, 0.25) is 5.91 Å². The standard InChI is InChI=1S/C24H24N2O5S/c1-14-24(2,21(28)12-31-14)26-23(30)19(11-15-7-9-16(27)10-8-15)25-22(29)18-13-32-20-6-4-3-5-17(18)20/h3-10,13-14,19,27H,11-12H2,1-2H3,(H,25,29)(H,26,30). The first-order valence-electron chi connectivity index (χ1n) is 10.3. The molecule has 2 heterocycles. The average Bonchev–Trinajstić information content (AvgIpc) is 3.31. The Morgan fingerprint density at radius 1 is 1.22 bits per heavy atom. The molecule has 2 aromatic carbocycles. The first-order valence-corrected chi connectivity index (χ1v) is 11.2. The highest BCUT2D eigenvalue weighted by Crippen LogP contribution is 2.26. The van der Waals surface area contributed by atoms with E-state index >= 15 is 0 Å². The third-order valence-corrected chi connectivity index (χ3v) is 6.93. The van der Waals surface area contributed by atoms with Gasteiger partial charge < -0.3 is 20.5 Å². The zero-order valence-corrected chi connectivity index (χ0v) is 18.6. The van der Waals surface area contributed by atoms with Crippen molar-refractivity contribution in [1.29, 1.82) is 0 Å². The molecule has 1 saturated heterocycles. The van der Waals surface area contributed by atoms with Gasteiger partial charge in [-0.25, -0.2) is 0 Å². The Labute approximate surface area is 189 Å². The van der Waals surface area contributed by atoms with E-state index in [4.69, 9.17) is 4.74 Å². The van der Waals surface area contributed by atoms with Crippen molar-refractivity contribution in [3.8, 4) is 5.75 Å². The molecule has 3 N–H and O–H groups in total. The highest BCUT2D eigenvalue weighted by molar-refractivity contribution is 7.17. The van der Waals surface area contributed by atoms with Crippen molar-refractivity contribution in [2.24, 2.45) is 0 Å². The summed E-state index contributed by atoms with van der Waals surface area (Å²) in [7, 11) is 0. The number of ketones is 1. The van der Waals surface area contributed by atoms with Gasteiger partial charge in [0, 0.05) is 21.9 Å². The third-order valence-electron chi connectivity index (χ3n) is 5.96. The van der Waals surface area contributed by atoms with E-state index in [9.17, 15) is 19.5 Å². The first kappa shape index (κ1) is 22.0. The van der Waals surface area contributed by atoms with Crippen molar-refractivity contribution in [1.82, 2.24) is 10.6 Å². The van der Waals surface area contributed by atoms with Crippen LogP contribution in [0.2, 0.25) is 0 Å². The molecule has 32 heavy (non-hydrogen) atoms. The molecule has 166 valence electrons. The molecule has 1 aliphatic heterocycles. The van der Waals surface area contributed by atoms with E-state index < -0.39 is 23.6 Å². The zero-order chi connectivity index (χ0) is 22.9. The first-order chi connectivity index (χ1) is 15.3. The van der Waals surface area contributed by atoms with Crippen molar-refractivity contribution in [3.63, 3.8) is 0 Å². The molecule has 0 aliphatic carbocycles. The Balaban J connectivity index is 1.59. The van der Waals surface area contributed by atoms with Crippen LogP contribution in [0.1, 0.15) is 29.8 Å². The second-order valence-electron chi connectivity index (χ2n) is 8.11. The molecule has 1 aromatic heterocycles. The zero-order valence-electron chi connectivity index (χ0n) is 17.8. The average molecular weight is 453 g/mol. The van der Waals surface area contributed by atoms with Crippen LogP contribution in [0.3, 0.4) is 0 Å². The normalized spacial score (nSPS) is 21.4. The van der Waals surface area contributed by atoms with Crippen LogP contribution >= 0.6 is 11.3 Å². The quantitative estimate of drug-likeness (QED) is 0.534. The van der Waals surface area contributed by atoms with Gasteiger partial charge in [0.1, 0.15) is 23.9 Å². The van der Waals surface area contributed by atoms with E-state index in [1.807, 2.05) is 24.3 Å². The number of phenolic OH excluding ortho intramolecular Hbond substituents is 1. The molecule has 1 aliphatic rings. The maximum atomic E-state index is 13.3. The van der Waals surface area contributed by atoms with Crippen molar-refractivity contribution in [2.75, 3.05) is 6.61 Å². The summed E-state index contributed by atoms with van der Waals surface area (Å²) in [5.41, 5.74) is 0.0870. The van der Waals surface area contributed by atoms with Gasteiger partial charge in [-0.15, -0.1) is 11.3 Å². The number of aromatic hydroxyl groups is 1. The van der Waals surface area contributed by atoms with E-state index in [1.165, 1.54) is 23.5 Å². The molecule has 2 amide bonds. The van der Waals surface area contributed by atoms with Gasteiger partial charge in [-0.3, -0.25) is 14.4 Å². The molecule has 4 rings (SSSR count). The van der Waals surface area contributed by atoms with Crippen LogP contribution in [0.15, 0.2) is 53.9 Å². The van der Waals surface area contributed by atoms with Crippen molar-refractivity contribution in [2.45, 2.75) is 38.0 Å². The number of carbonyl (C=O) groups excluding carboxylic acids is 3. The maximum absolute atomic E-state index is 13.3. The summed E-state index contributed by atoms with van der Waals surface area (Å²) in [6.07, 6.45) is -0.288. The smallest absolute Gasteiger partial charge is 0.253 e. The number of fused-ring (bicyclic) bond motifs is 1. The lowest BCUT2D eigenvalue weighted by Crippen LogP contribution is -2.60. The number of Topliss-reactive ketones (excluding diaryl/α,β-unsaturated/α-hetero) is 1. The Kier molecular flexibility index (Phi) is 5.99. The summed E-state index contributed by atoms with van der Waals surface area (Å²) in [6.45, 7) is 3.31. The summed E-state index contributed by atoms with van der Waals surface area (Å²) in [4.78, 5) is 38.7. The summed E-state index contributed by atoms with van der Waals surface area (Å²) in [5, 5.41) is 17.8. The Morgan fingerprint density at radius 3 is 2.62 bits per heavy atom. The summed E-state index contributed by atoms with van der Waals surface area (Å²) in [6, 6.07) is 13.1. The molecule has 7 nitrogen and oxygen atoms in total. The fourth-order valence-electron chi connectivity index (χ4n) is 3.73. The molecule has 3 unspecified atom stereocenters.